The highest BCUT2D eigenvalue weighted by molar-refractivity contribution is 7.92. The van der Waals surface area contributed by atoms with Crippen molar-refractivity contribution >= 4 is 38.9 Å². The number of carbonyl (C=O) groups excluding carboxylic acids is 2. The zero-order valence-electron chi connectivity index (χ0n) is 22.8. The smallest absolute Gasteiger partial charge is 0.238 e. The summed E-state index contributed by atoms with van der Waals surface area (Å²) < 4.78 is 31.5. The van der Waals surface area contributed by atoms with Gasteiger partial charge in [0.1, 0.15) is 11.5 Å². The largest absolute Gasteiger partial charge is 0.497 e. The van der Waals surface area contributed by atoms with Crippen molar-refractivity contribution in [1.29, 1.82) is 0 Å². The van der Waals surface area contributed by atoms with Crippen molar-refractivity contribution in [2.24, 2.45) is 0 Å². The number of rotatable bonds is 6. The molecule has 0 unspecified atom stereocenters. The normalized spacial score (nSPS) is 15.2. The van der Waals surface area contributed by atoms with Crippen LogP contribution in [-0.2, 0) is 32.5 Å². The fourth-order valence-corrected chi connectivity index (χ4v) is 6.26. The van der Waals surface area contributed by atoms with E-state index in [9.17, 15) is 18.0 Å². The van der Waals surface area contributed by atoms with Gasteiger partial charge < -0.3 is 14.5 Å². The molecule has 4 rings (SSSR count). The second-order valence-electron chi connectivity index (χ2n) is 9.81. The summed E-state index contributed by atoms with van der Waals surface area (Å²) in [4.78, 5) is 31.8. The molecule has 3 aromatic rings. The Bertz CT molecular complexity index is 1430. The standard InChI is InChI=1S/C30H34ClN3O5S/c1-23(35)34-16-6-15-32(20-24-7-4-3-5-8-24)17-18-33(21-25-19-26(31)9-14-29(25)34)30(36)22-40(37,38)28-12-10-27(39-2)11-13-28/h3-5,7-14,19H,6,15-18,20-22H2,1-2H3. The van der Waals surface area contributed by atoms with Gasteiger partial charge in [-0.25, -0.2) is 8.42 Å². The molecular weight excluding hydrogens is 550 g/mol. The second-order valence-corrected chi connectivity index (χ2v) is 12.2. The van der Waals surface area contributed by atoms with Crippen molar-refractivity contribution < 1.29 is 22.7 Å². The minimum absolute atomic E-state index is 0.0522. The van der Waals surface area contributed by atoms with Crippen LogP contribution < -0.4 is 9.64 Å². The van der Waals surface area contributed by atoms with E-state index >= 15 is 0 Å². The fraction of sp³-hybridized carbons (Fsp3) is 0.333. The molecule has 1 aliphatic heterocycles. The summed E-state index contributed by atoms with van der Waals surface area (Å²) in [6, 6.07) is 21.3. The number of amides is 2. The van der Waals surface area contributed by atoms with Gasteiger partial charge in [0.2, 0.25) is 11.8 Å². The number of fused-ring (bicyclic) bond motifs is 1. The molecule has 0 spiro atoms. The summed E-state index contributed by atoms with van der Waals surface area (Å²) in [6.07, 6.45) is 0.730. The summed E-state index contributed by atoms with van der Waals surface area (Å²) in [5.41, 5.74) is 2.49. The average Bonchev–Trinajstić information content (AvgIpc) is 2.96. The Morgan fingerprint density at radius 1 is 0.925 bits per heavy atom. The van der Waals surface area contributed by atoms with E-state index in [1.54, 1.807) is 40.1 Å². The van der Waals surface area contributed by atoms with Crippen molar-refractivity contribution in [3.05, 3.63) is 88.9 Å². The van der Waals surface area contributed by atoms with Crippen LogP contribution in [-0.4, -0.2) is 69.1 Å². The first kappa shape index (κ1) is 29.6. The maximum Gasteiger partial charge on any atom is 0.238 e. The maximum absolute atomic E-state index is 13.6. The summed E-state index contributed by atoms with van der Waals surface area (Å²) in [5, 5.41) is 0.473. The number of sulfone groups is 1. The number of methoxy groups -OCH3 is 1. The van der Waals surface area contributed by atoms with Crippen molar-refractivity contribution in [3.8, 4) is 5.75 Å². The molecular formula is C30H34ClN3O5S. The van der Waals surface area contributed by atoms with Gasteiger partial charge in [-0.2, -0.15) is 0 Å². The van der Waals surface area contributed by atoms with Crippen LogP contribution in [0.4, 0.5) is 5.69 Å². The van der Waals surface area contributed by atoms with Crippen LogP contribution in [0.25, 0.3) is 0 Å². The number of anilines is 1. The summed E-state index contributed by atoms with van der Waals surface area (Å²) in [5.74, 6) is -0.781. The Morgan fingerprint density at radius 2 is 1.65 bits per heavy atom. The molecule has 0 saturated heterocycles. The van der Waals surface area contributed by atoms with Crippen LogP contribution in [0.3, 0.4) is 0 Å². The Balaban J connectivity index is 1.65. The molecule has 0 aliphatic carbocycles. The maximum atomic E-state index is 13.6. The zero-order chi connectivity index (χ0) is 28.7. The molecule has 1 heterocycles. The Morgan fingerprint density at radius 3 is 2.33 bits per heavy atom. The molecule has 0 N–H and O–H groups in total. The predicted molar refractivity (Wildman–Crippen MR) is 156 cm³/mol. The molecule has 212 valence electrons. The molecule has 10 heteroatoms. The van der Waals surface area contributed by atoms with Gasteiger partial charge in [-0.15, -0.1) is 0 Å². The minimum atomic E-state index is -3.90. The lowest BCUT2D eigenvalue weighted by molar-refractivity contribution is -0.129. The molecule has 0 bridgehead atoms. The number of ether oxygens (including phenoxy) is 1. The summed E-state index contributed by atoms with van der Waals surface area (Å²) >= 11 is 6.33. The van der Waals surface area contributed by atoms with Gasteiger partial charge in [0.05, 0.1) is 12.0 Å². The molecule has 3 aromatic carbocycles. The Labute approximate surface area is 241 Å². The second kappa shape index (κ2) is 13.3. The SMILES string of the molecule is COc1ccc(S(=O)(=O)CC(=O)N2CCN(Cc3ccccc3)CCCN(C(C)=O)c3ccc(Cl)cc3C2)cc1. The molecule has 1 aliphatic rings. The number of halogens is 1. The highest BCUT2D eigenvalue weighted by Gasteiger charge is 2.27. The minimum Gasteiger partial charge on any atom is -0.497 e. The third-order valence-corrected chi connectivity index (χ3v) is 8.80. The molecule has 2 amide bonds. The van der Waals surface area contributed by atoms with Crippen molar-refractivity contribution in [3.63, 3.8) is 0 Å². The number of hydrogen-bond donors (Lipinski definition) is 0. The van der Waals surface area contributed by atoms with E-state index in [2.05, 4.69) is 17.0 Å². The fourth-order valence-electron chi connectivity index (χ4n) is 4.84. The number of benzene rings is 3. The lowest BCUT2D eigenvalue weighted by Crippen LogP contribution is -2.41. The first-order valence-electron chi connectivity index (χ1n) is 13.1. The van der Waals surface area contributed by atoms with Crippen LogP contribution in [0.15, 0.2) is 77.7 Å². The van der Waals surface area contributed by atoms with Crippen molar-refractivity contribution in [1.82, 2.24) is 9.80 Å². The Kier molecular flexibility index (Phi) is 9.84. The van der Waals surface area contributed by atoms with Gasteiger partial charge in [0.15, 0.2) is 9.84 Å². The van der Waals surface area contributed by atoms with E-state index in [0.29, 0.717) is 54.7 Å². The van der Waals surface area contributed by atoms with Gasteiger partial charge >= 0.3 is 0 Å². The van der Waals surface area contributed by atoms with Crippen LogP contribution >= 0.6 is 11.6 Å². The van der Waals surface area contributed by atoms with E-state index in [-0.39, 0.29) is 17.3 Å². The quantitative estimate of drug-likeness (QED) is 0.427. The predicted octanol–water partition coefficient (Wildman–Crippen LogP) is 4.41. The van der Waals surface area contributed by atoms with Crippen molar-refractivity contribution in [2.45, 2.75) is 31.3 Å². The number of carbonyl (C=O) groups is 2. The molecule has 40 heavy (non-hydrogen) atoms. The monoisotopic (exact) mass is 583 g/mol. The lowest BCUT2D eigenvalue weighted by atomic mass is 10.1. The summed E-state index contributed by atoms with van der Waals surface area (Å²) in [7, 11) is -2.40. The lowest BCUT2D eigenvalue weighted by Gasteiger charge is -2.28. The van der Waals surface area contributed by atoms with Gasteiger partial charge in [-0.3, -0.25) is 14.5 Å². The first-order chi connectivity index (χ1) is 19.2. The van der Waals surface area contributed by atoms with Crippen molar-refractivity contribution in [2.75, 3.05) is 43.9 Å². The highest BCUT2D eigenvalue weighted by Crippen LogP contribution is 2.28. The van der Waals surface area contributed by atoms with Crippen LogP contribution in [0, 0.1) is 0 Å². The molecule has 8 nitrogen and oxygen atoms in total. The van der Waals surface area contributed by atoms with Crippen LogP contribution in [0.2, 0.25) is 5.02 Å². The number of hydrogen-bond acceptors (Lipinski definition) is 6. The first-order valence-corrected chi connectivity index (χ1v) is 15.2. The average molecular weight is 584 g/mol. The molecule has 0 atom stereocenters. The van der Waals surface area contributed by atoms with E-state index in [4.69, 9.17) is 16.3 Å². The van der Waals surface area contributed by atoms with Gasteiger partial charge in [-0.05, 0) is 60.0 Å². The molecule has 0 radical (unpaired) electrons. The third-order valence-electron chi connectivity index (χ3n) is 6.95. The van der Waals surface area contributed by atoms with Crippen LogP contribution in [0.5, 0.6) is 5.75 Å². The van der Waals surface area contributed by atoms with Gasteiger partial charge in [0, 0.05) is 56.9 Å². The van der Waals surface area contributed by atoms with E-state index in [1.165, 1.54) is 26.2 Å². The molecule has 0 saturated carbocycles. The molecule has 0 aromatic heterocycles. The summed E-state index contributed by atoms with van der Waals surface area (Å²) in [6.45, 7) is 4.38. The van der Waals surface area contributed by atoms with Gasteiger partial charge in [0.25, 0.3) is 0 Å². The van der Waals surface area contributed by atoms with E-state index in [0.717, 1.165) is 12.0 Å². The number of nitrogens with zero attached hydrogens (tertiary/aromatic N) is 3. The van der Waals surface area contributed by atoms with Crippen LogP contribution in [0.1, 0.15) is 24.5 Å². The van der Waals surface area contributed by atoms with E-state index in [1.807, 2.05) is 18.2 Å². The highest BCUT2D eigenvalue weighted by atomic mass is 35.5. The Hall–Kier alpha value is -3.40. The van der Waals surface area contributed by atoms with E-state index < -0.39 is 21.5 Å². The third kappa shape index (κ3) is 7.62. The molecule has 0 fully saturated rings. The zero-order valence-corrected chi connectivity index (χ0v) is 24.3. The van der Waals surface area contributed by atoms with Gasteiger partial charge in [-0.1, -0.05) is 41.9 Å². The topological polar surface area (TPSA) is 87.2 Å².